The molecule has 1 nitrogen and oxygen atoms in total. The van der Waals surface area contributed by atoms with Crippen LogP contribution < -0.4 is 0 Å². The Morgan fingerprint density at radius 1 is 1.11 bits per heavy atom. The van der Waals surface area contributed by atoms with Crippen molar-refractivity contribution in [3.8, 4) is 0 Å². The number of benzene rings is 1. The van der Waals surface area contributed by atoms with Gasteiger partial charge in [0.25, 0.3) is 0 Å². The van der Waals surface area contributed by atoms with Crippen molar-refractivity contribution in [1.82, 2.24) is 0 Å². The molecule has 2 rings (SSSR count). The molecule has 1 aliphatic rings. The molecule has 0 amide bonds. The van der Waals surface area contributed by atoms with Crippen LogP contribution in [-0.2, 0) is 12.8 Å². The van der Waals surface area contributed by atoms with Crippen molar-refractivity contribution < 1.29 is 5.11 Å². The van der Waals surface area contributed by atoms with E-state index in [1.165, 1.54) is 43.2 Å². The molecular weight excluding hydrogens is 220 g/mol. The Kier molecular flexibility index (Phi) is 4.71. The lowest BCUT2D eigenvalue weighted by Gasteiger charge is -2.31. The zero-order chi connectivity index (χ0) is 12.8. The first kappa shape index (κ1) is 13.5. The van der Waals surface area contributed by atoms with Crippen molar-refractivity contribution in [3.63, 3.8) is 0 Å². The molecule has 1 aromatic carbocycles. The summed E-state index contributed by atoms with van der Waals surface area (Å²) < 4.78 is 0. The van der Waals surface area contributed by atoms with Gasteiger partial charge in [-0.15, -0.1) is 12.8 Å². The van der Waals surface area contributed by atoms with E-state index in [0.717, 1.165) is 12.8 Å². The fourth-order valence-corrected chi connectivity index (χ4v) is 3.27. The summed E-state index contributed by atoms with van der Waals surface area (Å²) in [6.45, 7) is 4.16. The fourth-order valence-electron chi connectivity index (χ4n) is 3.27. The summed E-state index contributed by atoms with van der Waals surface area (Å²) in [6, 6.07) is 8.77. The molecule has 1 fully saturated rings. The maximum atomic E-state index is 8.92. The Labute approximate surface area is 111 Å². The molecule has 0 bridgehead atoms. The number of rotatable bonds is 6. The molecule has 1 N–H and O–H groups in total. The molecule has 0 heterocycles. The summed E-state index contributed by atoms with van der Waals surface area (Å²) in [4.78, 5) is 0. The van der Waals surface area contributed by atoms with E-state index in [0.29, 0.717) is 5.41 Å². The van der Waals surface area contributed by atoms with Gasteiger partial charge in [-0.3, -0.25) is 0 Å². The summed E-state index contributed by atoms with van der Waals surface area (Å²) in [7, 11) is 0. The molecule has 0 aliphatic heterocycles. The van der Waals surface area contributed by atoms with Gasteiger partial charge in [0.15, 0.2) is 0 Å². The second kappa shape index (κ2) is 6.29. The van der Waals surface area contributed by atoms with Crippen LogP contribution in [0.25, 0.3) is 0 Å². The largest absolute Gasteiger partial charge is 0.396 e. The second-order valence-electron chi connectivity index (χ2n) is 5.67. The number of hydrogen-bond acceptors (Lipinski definition) is 1. The Hall–Kier alpha value is -0.950. The molecule has 0 radical (unpaired) electrons. The van der Waals surface area contributed by atoms with Crippen molar-refractivity contribution in [2.24, 2.45) is 5.41 Å². The summed E-state index contributed by atoms with van der Waals surface area (Å²) in [5.74, 6) is 0. The second-order valence-corrected chi connectivity index (χ2v) is 5.67. The van der Waals surface area contributed by atoms with E-state index in [1.807, 2.05) is 0 Å². The first-order valence-corrected chi connectivity index (χ1v) is 7.08. The van der Waals surface area contributed by atoms with Crippen LogP contribution in [0.4, 0.5) is 0 Å². The number of aliphatic hydroxyl groups excluding tert-OH is 1. The van der Waals surface area contributed by atoms with Gasteiger partial charge in [0.05, 0.1) is 0 Å². The summed E-state index contributed by atoms with van der Waals surface area (Å²) >= 11 is 0. The van der Waals surface area contributed by atoms with Crippen LogP contribution in [0.5, 0.6) is 0 Å². The number of hydrogen-bond donors (Lipinski definition) is 1. The highest BCUT2D eigenvalue weighted by Gasteiger charge is 2.30. The Bertz CT molecular complexity index is 346. The lowest BCUT2D eigenvalue weighted by atomic mass is 9.76. The van der Waals surface area contributed by atoms with Crippen molar-refractivity contribution in [3.05, 3.63) is 48.7 Å². The van der Waals surface area contributed by atoms with Crippen molar-refractivity contribution >= 4 is 0 Å². The lowest BCUT2D eigenvalue weighted by Crippen LogP contribution is -2.19. The topological polar surface area (TPSA) is 20.2 Å². The molecule has 18 heavy (non-hydrogen) atoms. The van der Waals surface area contributed by atoms with Gasteiger partial charge in [-0.1, -0.05) is 44.0 Å². The van der Waals surface area contributed by atoms with Gasteiger partial charge in [-0.05, 0) is 42.2 Å². The molecule has 0 saturated heterocycles. The SMILES string of the molecule is [CH2+][CH-]CC1(Cc2ccc(CCO)cc2)CCCC1. The highest BCUT2D eigenvalue weighted by Crippen LogP contribution is 2.44. The highest BCUT2D eigenvalue weighted by molar-refractivity contribution is 5.24. The van der Waals surface area contributed by atoms with Crippen LogP contribution in [0.15, 0.2) is 24.3 Å². The zero-order valence-corrected chi connectivity index (χ0v) is 11.2. The van der Waals surface area contributed by atoms with E-state index < -0.39 is 0 Å². The molecule has 1 heteroatoms. The van der Waals surface area contributed by atoms with Gasteiger partial charge < -0.3 is 5.11 Å². The van der Waals surface area contributed by atoms with Gasteiger partial charge in [0.2, 0.25) is 0 Å². The summed E-state index contributed by atoms with van der Waals surface area (Å²) in [5, 5.41) is 8.92. The molecule has 98 valence electrons. The average molecular weight is 244 g/mol. The standard InChI is InChI=1S/C17H24O/c1-2-10-17(11-3-4-12-17)14-16-7-5-15(6-8-16)9-13-18/h2,5-8,18H,1,3-4,9-14H2. The van der Waals surface area contributed by atoms with E-state index in [1.54, 1.807) is 0 Å². The van der Waals surface area contributed by atoms with Gasteiger partial charge >= 0.3 is 0 Å². The van der Waals surface area contributed by atoms with Crippen LogP contribution in [0.2, 0.25) is 0 Å². The third kappa shape index (κ3) is 3.29. The monoisotopic (exact) mass is 244 g/mol. The Morgan fingerprint density at radius 3 is 2.28 bits per heavy atom. The van der Waals surface area contributed by atoms with Gasteiger partial charge in [0, 0.05) is 6.61 Å². The van der Waals surface area contributed by atoms with Crippen LogP contribution in [0.3, 0.4) is 0 Å². The Balaban J connectivity index is 2.02. The maximum absolute atomic E-state index is 8.92. The minimum atomic E-state index is 0.236. The van der Waals surface area contributed by atoms with Crippen LogP contribution in [0, 0.1) is 18.8 Å². The van der Waals surface area contributed by atoms with Crippen LogP contribution in [0.1, 0.15) is 43.2 Å². The van der Waals surface area contributed by atoms with E-state index in [4.69, 9.17) is 5.11 Å². The third-order valence-electron chi connectivity index (χ3n) is 4.24. The normalized spacial score (nSPS) is 18.1. The van der Waals surface area contributed by atoms with Crippen molar-refractivity contribution in [1.29, 1.82) is 0 Å². The van der Waals surface area contributed by atoms with Crippen molar-refractivity contribution in [2.75, 3.05) is 6.61 Å². The molecular formula is C17H24O. The molecule has 0 spiro atoms. The van der Waals surface area contributed by atoms with E-state index in [2.05, 4.69) is 37.6 Å². The molecule has 0 aromatic heterocycles. The molecule has 0 atom stereocenters. The third-order valence-corrected chi connectivity index (χ3v) is 4.24. The first-order valence-electron chi connectivity index (χ1n) is 7.08. The molecule has 1 aliphatic carbocycles. The molecule has 1 saturated carbocycles. The van der Waals surface area contributed by atoms with Crippen LogP contribution in [-0.4, -0.2) is 11.7 Å². The maximum Gasteiger partial charge on any atom is 0.0471 e. The number of aliphatic hydroxyl groups is 1. The summed E-state index contributed by atoms with van der Waals surface area (Å²) in [6.07, 6.45) is 10.6. The molecule has 0 unspecified atom stereocenters. The molecule has 1 aromatic rings. The minimum Gasteiger partial charge on any atom is -0.396 e. The minimum absolute atomic E-state index is 0.236. The highest BCUT2D eigenvalue weighted by atomic mass is 16.2. The Morgan fingerprint density at radius 2 is 1.72 bits per heavy atom. The lowest BCUT2D eigenvalue weighted by molar-refractivity contribution is 0.291. The average Bonchev–Trinajstić information content (AvgIpc) is 2.81. The van der Waals surface area contributed by atoms with E-state index >= 15 is 0 Å². The van der Waals surface area contributed by atoms with E-state index in [9.17, 15) is 0 Å². The van der Waals surface area contributed by atoms with Crippen molar-refractivity contribution in [2.45, 2.75) is 44.9 Å². The predicted octanol–water partition coefficient (Wildman–Crippen LogP) is 3.75. The zero-order valence-electron chi connectivity index (χ0n) is 11.2. The smallest absolute Gasteiger partial charge is 0.0471 e. The predicted molar refractivity (Wildman–Crippen MR) is 76.1 cm³/mol. The van der Waals surface area contributed by atoms with Crippen LogP contribution >= 0.6 is 0 Å². The van der Waals surface area contributed by atoms with Gasteiger partial charge in [0.1, 0.15) is 0 Å². The van der Waals surface area contributed by atoms with Gasteiger partial charge in [-0.2, -0.15) is 0 Å². The van der Waals surface area contributed by atoms with Gasteiger partial charge in [-0.25, -0.2) is 0 Å². The fraction of sp³-hybridized carbons (Fsp3) is 0.529. The summed E-state index contributed by atoms with van der Waals surface area (Å²) in [5.41, 5.74) is 3.13. The van der Waals surface area contributed by atoms with E-state index in [-0.39, 0.29) is 6.61 Å². The first-order chi connectivity index (χ1) is 8.78. The quantitative estimate of drug-likeness (QED) is 0.756.